The summed E-state index contributed by atoms with van der Waals surface area (Å²) in [5.74, 6) is 0.00491. The third-order valence-electron chi connectivity index (χ3n) is 5.19. The molecule has 0 radical (unpaired) electrons. The molecule has 4 heteroatoms. The highest BCUT2D eigenvalue weighted by molar-refractivity contribution is 5.99. The second-order valence-corrected chi connectivity index (χ2v) is 7.19. The van der Waals surface area contributed by atoms with E-state index < -0.39 is 0 Å². The van der Waals surface area contributed by atoms with Gasteiger partial charge in [0.05, 0.1) is 6.04 Å². The SMILES string of the molecule is Cc1cc(C)c(C(C)NC(=O)c2cccc(N3CCCC3=O)c2)cc1C. The molecule has 0 bridgehead atoms. The van der Waals surface area contributed by atoms with Crippen LogP contribution in [0.15, 0.2) is 36.4 Å². The number of anilines is 1. The molecular weight excluding hydrogens is 324 g/mol. The Morgan fingerprint density at radius 1 is 1.08 bits per heavy atom. The number of aryl methyl sites for hydroxylation is 3. The van der Waals surface area contributed by atoms with Gasteiger partial charge in [0, 0.05) is 24.2 Å². The van der Waals surface area contributed by atoms with Crippen molar-refractivity contribution in [2.45, 2.75) is 46.6 Å². The van der Waals surface area contributed by atoms with Gasteiger partial charge in [-0.3, -0.25) is 9.59 Å². The second kappa shape index (κ2) is 7.32. The number of benzene rings is 2. The quantitative estimate of drug-likeness (QED) is 0.897. The number of carbonyl (C=O) groups excluding carboxylic acids is 2. The summed E-state index contributed by atoms with van der Waals surface area (Å²) in [7, 11) is 0. The molecule has 1 aliphatic heterocycles. The molecule has 3 rings (SSSR count). The van der Waals surface area contributed by atoms with E-state index in [9.17, 15) is 9.59 Å². The molecular formula is C22H26N2O2. The first-order valence-electron chi connectivity index (χ1n) is 9.16. The van der Waals surface area contributed by atoms with Gasteiger partial charge in [0.1, 0.15) is 0 Å². The molecule has 0 aromatic heterocycles. The molecule has 2 amide bonds. The van der Waals surface area contributed by atoms with Crippen molar-refractivity contribution in [1.29, 1.82) is 0 Å². The maximum atomic E-state index is 12.7. The molecule has 1 unspecified atom stereocenters. The van der Waals surface area contributed by atoms with Crippen LogP contribution in [0.5, 0.6) is 0 Å². The van der Waals surface area contributed by atoms with E-state index in [0.717, 1.165) is 24.2 Å². The van der Waals surface area contributed by atoms with E-state index in [2.05, 4.69) is 38.2 Å². The lowest BCUT2D eigenvalue weighted by Gasteiger charge is -2.20. The number of nitrogens with one attached hydrogen (secondary N) is 1. The van der Waals surface area contributed by atoms with Gasteiger partial charge in [-0.25, -0.2) is 0 Å². The average molecular weight is 350 g/mol. The molecule has 2 aromatic rings. The van der Waals surface area contributed by atoms with Crippen LogP contribution in [0.25, 0.3) is 0 Å². The number of amides is 2. The highest BCUT2D eigenvalue weighted by Crippen LogP contribution is 2.24. The summed E-state index contributed by atoms with van der Waals surface area (Å²) in [5.41, 5.74) is 6.17. The van der Waals surface area contributed by atoms with Crippen LogP contribution in [0.3, 0.4) is 0 Å². The Bertz CT molecular complexity index is 857. The van der Waals surface area contributed by atoms with Crippen LogP contribution in [-0.4, -0.2) is 18.4 Å². The lowest BCUT2D eigenvalue weighted by Crippen LogP contribution is -2.28. The van der Waals surface area contributed by atoms with Gasteiger partial charge in [-0.15, -0.1) is 0 Å². The molecule has 1 aliphatic rings. The molecule has 1 fully saturated rings. The minimum atomic E-state index is -0.122. The monoisotopic (exact) mass is 350 g/mol. The van der Waals surface area contributed by atoms with Crippen molar-refractivity contribution in [3.63, 3.8) is 0 Å². The average Bonchev–Trinajstić information content (AvgIpc) is 3.04. The summed E-state index contributed by atoms with van der Waals surface area (Å²) in [6.45, 7) is 8.99. The zero-order valence-electron chi connectivity index (χ0n) is 15.9. The van der Waals surface area contributed by atoms with Crippen LogP contribution >= 0.6 is 0 Å². The van der Waals surface area contributed by atoms with Crippen molar-refractivity contribution in [2.75, 3.05) is 11.4 Å². The van der Waals surface area contributed by atoms with Gasteiger partial charge in [0.2, 0.25) is 5.91 Å². The zero-order valence-corrected chi connectivity index (χ0v) is 15.9. The maximum absolute atomic E-state index is 12.7. The number of carbonyl (C=O) groups is 2. The van der Waals surface area contributed by atoms with Crippen LogP contribution in [-0.2, 0) is 4.79 Å². The number of hydrogen-bond donors (Lipinski definition) is 1. The van der Waals surface area contributed by atoms with Crippen molar-refractivity contribution >= 4 is 17.5 Å². The third-order valence-corrected chi connectivity index (χ3v) is 5.19. The molecule has 1 atom stereocenters. The lowest BCUT2D eigenvalue weighted by molar-refractivity contribution is -0.117. The third kappa shape index (κ3) is 3.64. The standard InChI is InChI=1S/C22H26N2O2/c1-14-11-16(3)20(12-15(14)2)17(4)23-22(26)18-7-5-8-19(13-18)24-10-6-9-21(24)25/h5,7-8,11-13,17H,6,9-10H2,1-4H3,(H,23,26). The van der Waals surface area contributed by atoms with Crippen molar-refractivity contribution in [2.24, 2.45) is 0 Å². The Labute approximate surface area is 155 Å². The van der Waals surface area contributed by atoms with E-state index in [1.54, 1.807) is 17.0 Å². The molecule has 4 nitrogen and oxygen atoms in total. The van der Waals surface area contributed by atoms with Crippen molar-refractivity contribution in [1.82, 2.24) is 5.32 Å². The van der Waals surface area contributed by atoms with E-state index in [4.69, 9.17) is 0 Å². The minimum absolute atomic E-state index is 0.0844. The first-order chi connectivity index (χ1) is 12.4. The van der Waals surface area contributed by atoms with Crippen molar-refractivity contribution in [3.05, 3.63) is 64.2 Å². The molecule has 0 aliphatic carbocycles. The van der Waals surface area contributed by atoms with Crippen LogP contribution in [0.1, 0.15) is 58.4 Å². The fourth-order valence-electron chi connectivity index (χ4n) is 3.54. The molecule has 1 heterocycles. The molecule has 136 valence electrons. The summed E-state index contributed by atoms with van der Waals surface area (Å²) < 4.78 is 0. The van der Waals surface area contributed by atoms with Gasteiger partial charge in [0.25, 0.3) is 5.91 Å². The minimum Gasteiger partial charge on any atom is -0.346 e. The van der Waals surface area contributed by atoms with Crippen LogP contribution in [0, 0.1) is 20.8 Å². The van der Waals surface area contributed by atoms with Gasteiger partial charge < -0.3 is 10.2 Å². The van der Waals surface area contributed by atoms with E-state index in [1.807, 2.05) is 19.1 Å². The highest BCUT2D eigenvalue weighted by Gasteiger charge is 2.22. The lowest BCUT2D eigenvalue weighted by atomic mass is 9.96. The Morgan fingerprint density at radius 2 is 1.81 bits per heavy atom. The van der Waals surface area contributed by atoms with E-state index in [1.165, 1.54) is 16.7 Å². The Hall–Kier alpha value is -2.62. The molecule has 1 N–H and O–H groups in total. The number of rotatable bonds is 4. The summed E-state index contributed by atoms with van der Waals surface area (Å²) in [4.78, 5) is 26.4. The number of hydrogen-bond acceptors (Lipinski definition) is 2. The molecule has 2 aromatic carbocycles. The number of nitrogens with zero attached hydrogens (tertiary/aromatic N) is 1. The molecule has 1 saturated heterocycles. The fraction of sp³-hybridized carbons (Fsp3) is 0.364. The maximum Gasteiger partial charge on any atom is 0.251 e. The predicted molar refractivity (Wildman–Crippen MR) is 105 cm³/mol. The van der Waals surface area contributed by atoms with Gasteiger partial charge in [-0.1, -0.05) is 18.2 Å². The second-order valence-electron chi connectivity index (χ2n) is 7.19. The van der Waals surface area contributed by atoms with Gasteiger partial charge in [-0.2, -0.15) is 0 Å². The molecule has 0 saturated carbocycles. The largest absolute Gasteiger partial charge is 0.346 e. The van der Waals surface area contributed by atoms with Crippen molar-refractivity contribution in [3.8, 4) is 0 Å². The first-order valence-corrected chi connectivity index (χ1v) is 9.16. The van der Waals surface area contributed by atoms with E-state index >= 15 is 0 Å². The molecule has 0 spiro atoms. The van der Waals surface area contributed by atoms with Crippen LogP contribution < -0.4 is 10.2 Å². The van der Waals surface area contributed by atoms with Gasteiger partial charge in [0.15, 0.2) is 0 Å². The van der Waals surface area contributed by atoms with Crippen molar-refractivity contribution < 1.29 is 9.59 Å². The van der Waals surface area contributed by atoms with E-state index in [-0.39, 0.29) is 17.9 Å². The van der Waals surface area contributed by atoms with Gasteiger partial charge in [-0.05, 0) is 74.6 Å². The van der Waals surface area contributed by atoms with Crippen LogP contribution in [0.2, 0.25) is 0 Å². The highest BCUT2D eigenvalue weighted by atomic mass is 16.2. The summed E-state index contributed by atoms with van der Waals surface area (Å²) >= 11 is 0. The summed E-state index contributed by atoms with van der Waals surface area (Å²) in [6, 6.07) is 11.5. The first kappa shape index (κ1) is 18.2. The van der Waals surface area contributed by atoms with Crippen LogP contribution in [0.4, 0.5) is 5.69 Å². The Morgan fingerprint density at radius 3 is 2.50 bits per heavy atom. The smallest absolute Gasteiger partial charge is 0.251 e. The fourth-order valence-corrected chi connectivity index (χ4v) is 3.54. The Kier molecular flexibility index (Phi) is 5.12. The van der Waals surface area contributed by atoms with E-state index in [0.29, 0.717) is 12.0 Å². The topological polar surface area (TPSA) is 49.4 Å². The summed E-state index contributed by atoms with van der Waals surface area (Å²) in [5, 5.41) is 3.09. The molecule has 26 heavy (non-hydrogen) atoms. The zero-order chi connectivity index (χ0) is 18.8. The summed E-state index contributed by atoms with van der Waals surface area (Å²) in [6.07, 6.45) is 1.46. The Balaban J connectivity index is 1.78. The normalized spacial score (nSPS) is 15.2. The van der Waals surface area contributed by atoms with Gasteiger partial charge >= 0.3 is 0 Å². The predicted octanol–water partition coefficient (Wildman–Crippen LogP) is 4.23.